The number of nitrogens with zero attached hydrogens (tertiary/aromatic N) is 2. The van der Waals surface area contributed by atoms with Crippen LogP contribution in [0.4, 0.5) is 10.5 Å². The van der Waals surface area contributed by atoms with Gasteiger partial charge in [-0.05, 0) is 50.5 Å². The Hall–Kier alpha value is -3.69. The first kappa shape index (κ1) is 41.1. The van der Waals surface area contributed by atoms with E-state index >= 15 is 0 Å². The fourth-order valence-corrected chi connectivity index (χ4v) is 7.01. The van der Waals surface area contributed by atoms with Crippen LogP contribution in [0.1, 0.15) is 72.5 Å². The van der Waals surface area contributed by atoms with Gasteiger partial charge in [-0.15, -0.1) is 0 Å². The minimum atomic E-state index is -1.89. The molecule has 3 unspecified atom stereocenters. The highest BCUT2D eigenvalue weighted by Crippen LogP contribution is 2.49. The van der Waals surface area contributed by atoms with Crippen molar-refractivity contribution in [3.63, 3.8) is 0 Å². The van der Waals surface area contributed by atoms with E-state index in [9.17, 15) is 29.4 Å². The number of hydrogen-bond acceptors (Lipinski definition) is 11. The summed E-state index contributed by atoms with van der Waals surface area (Å²) in [6.07, 6.45) is -0.912. The number of rotatable bonds is 7. The lowest BCUT2D eigenvalue weighted by Crippen LogP contribution is -2.63. The van der Waals surface area contributed by atoms with Gasteiger partial charge < -0.3 is 43.7 Å². The zero-order valence-corrected chi connectivity index (χ0v) is 32.2. The molecule has 52 heavy (non-hydrogen) atoms. The number of allylic oxidation sites excluding steroid dienone is 2. The van der Waals surface area contributed by atoms with E-state index in [-0.39, 0.29) is 41.1 Å². The Balaban J connectivity index is 1.80. The number of halogens is 1. The van der Waals surface area contributed by atoms with Gasteiger partial charge in [0, 0.05) is 39.5 Å². The van der Waals surface area contributed by atoms with E-state index in [1.165, 1.54) is 38.1 Å². The predicted octanol–water partition coefficient (Wildman–Crippen LogP) is 4.05. The Morgan fingerprint density at radius 2 is 1.90 bits per heavy atom. The second kappa shape index (κ2) is 16.1. The Bertz CT molecular complexity index is 1600. The van der Waals surface area contributed by atoms with Crippen molar-refractivity contribution in [2.24, 2.45) is 11.8 Å². The average Bonchev–Trinajstić information content (AvgIpc) is 3.81. The Morgan fingerprint density at radius 1 is 1.23 bits per heavy atom. The van der Waals surface area contributed by atoms with Crippen LogP contribution in [0.3, 0.4) is 0 Å². The average molecular weight is 750 g/mol. The topological polar surface area (TPSA) is 177 Å². The van der Waals surface area contributed by atoms with Gasteiger partial charge in [0.15, 0.2) is 5.72 Å². The number of carbonyl (C=O) groups excluding carboxylic acids is 4. The normalized spacial score (nSPS) is 33.6. The quantitative estimate of drug-likeness (QED) is 0.271. The van der Waals surface area contributed by atoms with Crippen molar-refractivity contribution in [2.75, 3.05) is 33.2 Å². The molecule has 4 rings (SSSR count). The number of aliphatic hydroxyl groups excluding tert-OH is 1. The van der Waals surface area contributed by atoms with E-state index in [0.717, 1.165) is 0 Å². The van der Waals surface area contributed by atoms with Crippen LogP contribution in [-0.2, 0) is 33.3 Å². The molecule has 0 radical (unpaired) electrons. The van der Waals surface area contributed by atoms with E-state index in [0.29, 0.717) is 17.6 Å². The van der Waals surface area contributed by atoms with Gasteiger partial charge in [-0.1, -0.05) is 50.6 Å². The molecule has 15 heteroatoms. The summed E-state index contributed by atoms with van der Waals surface area (Å²) in [4.78, 5) is 56.2. The Morgan fingerprint density at radius 3 is 2.52 bits per heavy atom. The summed E-state index contributed by atoms with van der Waals surface area (Å²) in [6, 6.07) is 2.14. The molecule has 2 saturated heterocycles. The van der Waals surface area contributed by atoms with Crippen molar-refractivity contribution in [1.29, 1.82) is 0 Å². The monoisotopic (exact) mass is 749 g/mol. The molecule has 3 N–H and O–H groups in total. The maximum Gasteiger partial charge on any atom is 0.409 e. The molecule has 0 saturated carbocycles. The maximum absolute atomic E-state index is 14.1. The second-order valence-electron chi connectivity index (χ2n) is 14.2. The minimum Gasteiger partial charge on any atom is -0.495 e. The molecular formula is C37H52ClN3O11. The molecule has 0 spiro atoms. The summed E-state index contributed by atoms with van der Waals surface area (Å²) in [5.74, 6) is -2.15. The van der Waals surface area contributed by atoms with Crippen LogP contribution in [-0.4, -0.2) is 109 Å². The highest BCUT2D eigenvalue weighted by atomic mass is 35.5. The number of amides is 3. The highest BCUT2D eigenvalue weighted by Gasteiger charge is 2.64. The van der Waals surface area contributed by atoms with Crippen LogP contribution in [0.2, 0.25) is 5.02 Å². The van der Waals surface area contributed by atoms with Gasteiger partial charge in [0.25, 0.3) is 0 Å². The van der Waals surface area contributed by atoms with Gasteiger partial charge in [0.2, 0.25) is 11.8 Å². The maximum atomic E-state index is 14.1. The number of alkyl carbamates (subject to hydrolysis) is 1. The highest BCUT2D eigenvalue weighted by molar-refractivity contribution is 6.35. The summed E-state index contributed by atoms with van der Waals surface area (Å²) in [5.41, 5.74) is -2.04. The van der Waals surface area contributed by atoms with E-state index in [4.69, 9.17) is 35.3 Å². The third kappa shape index (κ3) is 8.26. The molecule has 3 amide bonds. The van der Waals surface area contributed by atoms with Gasteiger partial charge in [0.1, 0.15) is 46.8 Å². The van der Waals surface area contributed by atoms with E-state index in [2.05, 4.69) is 5.32 Å². The summed E-state index contributed by atoms with van der Waals surface area (Å²) in [6.45, 7) is 10.4. The molecule has 4 bridgehead atoms. The smallest absolute Gasteiger partial charge is 0.409 e. The van der Waals surface area contributed by atoms with Crippen LogP contribution in [0.25, 0.3) is 0 Å². The molecule has 3 aliphatic rings. The largest absolute Gasteiger partial charge is 0.495 e. The van der Waals surface area contributed by atoms with Crippen LogP contribution in [0.15, 0.2) is 35.9 Å². The molecule has 0 aromatic heterocycles. The molecule has 3 heterocycles. The number of aliphatic hydroxyl groups is 2. The number of fused-ring (bicyclic) bond motifs is 5. The number of nitrogens with one attached hydrogen (secondary N) is 1. The first-order valence-corrected chi connectivity index (χ1v) is 17.8. The van der Waals surface area contributed by atoms with Crippen LogP contribution in [0.5, 0.6) is 5.75 Å². The zero-order valence-electron chi connectivity index (χ0n) is 31.5. The Kier molecular flexibility index (Phi) is 12.7. The summed E-state index contributed by atoms with van der Waals surface area (Å²) in [5, 5.41) is 25.7. The number of hydrogen-bond donors (Lipinski definition) is 3. The van der Waals surface area contributed by atoms with Gasteiger partial charge in [-0.25, -0.2) is 9.59 Å². The molecule has 14 nitrogen and oxygen atoms in total. The number of esters is 1. The van der Waals surface area contributed by atoms with Gasteiger partial charge in [0.05, 0.1) is 25.3 Å². The molecule has 2 fully saturated rings. The van der Waals surface area contributed by atoms with Crippen molar-refractivity contribution >= 4 is 41.2 Å². The second-order valence-corrected chi connectivity index (χ2v) is 14.6. The van der Waals surface area contributed by atoms with E-state index < -0.39 is 71.8 Å². The SMILES string of the molecule is CCC(C)C(=O)N(C)C(C)C(=O)O[C@H]1CC(=O)N(C)c2cc(cc(OC)c2Cl)C(O)/C(C)=C/C=C/[C@@H](OC)[C@@]2(O)C[C@H](OC(=O)N2)[C@@H](C)[C@@H]2O[C@@]12C. The number of ether oxygens (including phenoxy) is 5. The Labute approximate surface area is 310 Å². The molecule has 3 aliphatic heterocycles. The first-order chi connectivity index (χ1) is 24.3. The first-order valence-electron chi connectivity index (χ1n) is 17.4. The van der Waals surface area contributed by atoms with Gasteiger partial charge in [-0.2, -0.15) is 0 Å². The van der Waals surface area contributed by atoms with Crippen molar-refractivity contribution in [3.05, 3.63) is 46.5 Å². The number of methoxy groups -OCH3 is 2. The number of epoxide rings is 1. The van der Waals surface area contributed by atoms with Crippen molar-refractivity contribution in [2.45, 2.75) is 109 Å². The van der Waals surface area contributed by atoms with E-state index in [1.54, 1.807) is 65.0 Å². The summed E-state index contributed by atoms with van der Waals surface area (Å²) >= 11 is 6.71. The van der Waals surface area contributed by atoms with Gasteiger partial charge in [-0.3, -0.25) is 14.9 Å². The van der Waals surface area contributed by atoms with Crippen molar-refractivity contribution < 1.29 is 53.1 Å². The molecular weight excluding hydrogens is 698 g/mol. The van der Waals surface area contributed by atoms with Crippen molar-refractivity contribution in [1.82, 2.24) is 10.2 Å². The zero-order chi connectivity index (χ0) is 38.9. The van der Waals surface area contributed by atoms with Crippen LogP contribution in [0, 0.1) is 11.8 Å². The summed E-state index contributed by atoms with van der Waals surface area (Å²) in [7, 11) is 5.83. The van der Waals surface area contributed by atoms with Crippen molar-refractivity contribution in [3.8, 4) is 5.75 Å². The lowest BCUT2D eigenvalue weighted by molar-refractivity contribution is -0.162. The minimum absolute atomic E-state index is 0.0974. The van der Waals surface area contributed by atoms with Gasteiger partial charge >= 0.3 is 12.1 Å². The number of benzene rings is 1. The third-order valence-electron chi connectivity index (χ3n) is 10.7. The lowest BCUT2D eigenvalue weighted by atomic mass is 9.83. The molecule has 0 aliphatic carbocycles. The number of anilines is 1. The molecule has 10 atom stereocenters. The third-order valence-corrected chi connectivity index (χ3v) is 11.1. The fraction of sp³-hybridized carbons (Fsp3) is 0.622. The predicted molar refractivity (Wildman–Crippen MR) is 192 cm³/mol. The number of likely N-dealkylation sites (N-methyl/N-ethyl adjacent to an activating group) is 1. The van der Waals surface area contributed by atoms with Crippen LogP contribution < -0.4 is 15.0 Å². The standard InChI is InChI=1S/C37H52ClN3O11/c1-11-19(2)33(44)40(7)22(5)34(45)51-28-17-29(42)41(8)24-15-23(16-25(48-9)30(24)38)31(43)20(3)13-12-14-27(49-10)37(47)18-26(50-35(46)39-37)21(4)32-36(28,6)52-32/h12-16,19,21-22,26-28,31-32,43,47H,11,17-18H2,1-10H3,(H,39,46)/b14-12+,20-13+/t19?,21-,22?,26+,27-,28+,31?,32+,36+,37+/m1/s1. The summed E-state index contributed by atoms with van der Waals surface area (Å²) < 4.78 is 29.0. The van der Waals surface area contributed by atoms with Crippen LogP contribution >= 0.6 is 11.6 Å². The molecule has 1 aromatic rings. The number of carbonyl (C=O) groups is 4. The van der Waals surface area contributed by atoms with E-state index in [1.807, 2.05) is 6.92 Å². The fourth-order valence-electron chi connectivity index (χ4n) is 6.70. The molecule has 288 valence electrons. The molecule has 1 aromatic carbocycles. The lowest BCUT2D eigenvalue weighted by Gasteiger charge is -2.42.